The van der Waals surface area contributed by atoms with Crippen molar-refractivity contribution < 1.29 is 9.90 Å². The second-order valence-electron chi connectivity index (χ2n) is 6.11. The van der Waals surface area contributed by atoms with Crippen LogP contribution in [-0.4, -0.2) is 45.7 Å². The monoisotopic (exact) mass is 330 g/mol. The number of amides is 1. The number of hydrogen-bond donors (Lipinski definition) is 3. The van der Waals surface area contributed by atoms with Gasteiger partial charge < -0.3 is 10.4 Å². The number of aromatic nitrogens is 2. The number of anilines is 1. The number of aryl methyl sites for hydroxylation is 3. The Morgan fingerprint density at radius 1 is 1.29 bits per heavy atom. The number of aliphatic hydroxyl groups excluding tert-OH is 1. The molecular formula is C18H26N4O2. The lowest BCUT2D eigenvalue weighted by molar-refractivity contribution is -0.117. The molecule has 0 unspecified atom stereocenters. The van der Waals surface area contributed by atoms with Crippen LogP contribution in [0.25, 0.3) is 0 Å². The van der Waals surface area contributed by atoms with E-state index in [-0.39, 0.29) is 12.5 Å². The summed E-state index contributed by atoms with van der Waals surface area (Å²) in [5.41, 5.74) is 4.35. The summed E-state index contributed by atoms with van der Waals surface area (Å²) in [6.45, 7) is 9.02. The molecule has 1 aromatic heterocycles. The molecule has 0 bridgehead atoms. The number of likely N-dealkylation sites (N-methyl/N-ethyl adjacent to an activating group) is 1. The fourth-order valence-electron chi connectivity index (χ4n) is 2.56. The van der Waals surface area contributed by atoms with E-state index in [2.05, 4.69) is 15.5 Å². The van der Waals surface area contributed by atoms with E-state index in [1.54, 1.807) is 0 Å². The molecule has 0 aliphatic heterocycles. The molecule has 1 aromatic carbocycles. The van der Waals surface area contributed by atoms with E-state index in [0.29, 0.717) is 13.1 Å². The Kier molecular flexibility index (Phi) is 6.11. The maximum atomic E-state index is 12.3. The Hall–Kier alpha value is -2.18. The summed E-state index contributed by atoms with van der Waals surface area (Å²) in [7, 11) is 0. The molecule has 2 aromatic rings. The van der Waals surface area contributed by atoms with Gasteiger partial charge in [-0.2, -0.15) is 5.10 Å². The average Bonchev–Trinajstić information content (AvgIpc) is 2.86. The molecule has 0 aliphatic carbocycles. The zero-order valence-electron chi connectivity index (χ0n) is 14.8. The van der Waals surface area contributed by atoms with Crippen LogP contribution >= 0.6 is 0 Å². The van der Waals surface area contributed by atoms with Crippen LogP contribution in [-0.2, 0) is 4.79 Å². The van der Waals surface area contributed by atoms with Crippen molar-refractivity contribution in [3.63, 3.8) is 0 Å². The maximum Gasteiger partial charge on any atom is 0.238 e. The van der Waals surface area contributed by atoms with Gasteiger partial charge in [0, 0.05) is 6.54 Å². The van der Waals surface area contributed by atoms with Crippen LogP contribution < -0.4 is 5.32 Å². The van der Waals surface area contributed by atoms with Crippen molar-refractivity contribution in [3.8, 4) is 0 Å². The Labute approximate surface area is 142 Å². The first-order valence-corrected chi connectivity index (χ1v) is 8.19. The van der Waals surface area contributed by atoms with E-state index in [0.717, 1.165) is 28.2 Å². The van der Waals surface area contributed by atoms with Crippen molar-refractivity contribution in [2.75, 3.05) is 25.0 Å². The molecule has 1 atom stereocenters. The van der Waals surface area contributed by atoms with E-state index in [4.69, 9.17) is 0 Å². The van der Waals surface area contributed by atoms with Gasteiger partial charge in [0.25, 0.3) is 0 Å². The van der Waals surface area contributed by atoms with E-state index in [9.17, 15) is 9.90 Å². The number of H-pyrrole nitrogens is 1. The van der Waals surface area contributed by atoms with Gasteiger partial charge >= 0.3 is 0 Å². The van der Waals surface area contributed by atoms with Gasteiger partial charge in [0.05, 0.1) is 29.7 Å². The van der Waals surface area contributed by atoms with Crippen LogP contribution in [0.4, 0.5) is 5.69 Å². The van der Waals surface area contributed by atoms with Crippen molar-refractivity contribution >= 4 is 11.6 Å². The molecule has 6 heteroatoms. The number of aromatic amines is 1. The quantitative estimate of drug-likeness (QED) is 0.728. The predicted molar refractivity (Wildman–Crippen MR) is 94.9 cm³/mol. The second-order valence-corrected chi connectivity index (χ2v) is 6.11. The topological polar surface area (TPSA) is 81.2 Å². The van der Waals surface area contributed by atoms with Gasteiger partial charge in [0.1, 0.15) is 0 Å². The SMILES string of the molecule is CCN(CC(=O)Nc1c(C)n[nH]c1C)C[C@@H](O)c1ccc(C)cc1. The smallest absolute Gasteiger partial charge is 0.238 e. The minimum Gasteiger partial charge on any atom is -0.387 e. The molecule has 3 N–H and O–H groups in total. The molecule has 1 amide bonds. The highest BCUT2D eigenvalue weighted by Crippen LogP contribution is 2.17. The molecule has 0 spiro atoms. The minimum atomic E-state index is -0.615. The van der Waals surface area contributed by atoms with Gasteiger partial charge in [-0.05, 0) is 32.9 Å². The van der Waals surface area contributed by atoms with Crippen molar-refractivity contribution in [3.05, 3.63) is 46.8 Å². The number of carbonyl (C=O) groups excluding carboxylic acids is 1. The first-order valence-electron chi connectivity index (χ1n) is 8.19. The number of aliphatic hydroxyl groups is 1. The van der Waals surface area contributed by atoms with Crippen LogP contribution in [0.2, 0.25) is 0 Å². The van der Waals surface area contributed by atoms with Crippen LogP contribution in [0.5, 0.6) is 0 Å². The van der Waals surface area contributed by atoms with Gasteiger partial charge in [0.2, 0.25) is 5.91 Å². The number of carbonyl (C=O) groups is 1. The van der Waals surface area contributed by atoms with Gasteiger partial charge in [-0.15, -0.1) is 0 Å². The summed E-state index contributed by atoms with van der Waals surface area (Å²) in [6.07, 6.45) is -0.615. The molecule has 130 valence electrons. The Balaban J connectivity index is 1.93. The summed E-state index contributed by atoms with van der Waals surface area (Å²) in [4.78, 5) is 14.2. The highest BCUT2D eigenvalue weighted by molar-refractivity contribution is 5.93. The van der Waals surface area contributed by atoms with Gasteiger partial charge in [-0.25, -0.2) is 0 Å². The molecule has 24 heavy (non-hydrogen) atoms. The minimum absolute atomic E-state index is 0.111. The average molecular weight is 330 g/mol. The van der Waals surface area contributed by atoms with Gasteiger partial charge in [-0.3, -0.25) is 14.8 Å². The molecular weight excluding hydrogens is 304 g/mol. The molecule has 0 aliphatic rings. The summed E-state index contributed by atoms with van der Waals surface area (Å²) in [6, 6.07) is 7.80. The fourth-order valence-corrected chi connectivity index (χ4v) is 2.56. The van der Waals surface area contributed by atoms with Crippen LogP contribution in [0.1, 0.15) is 35.5 Å². The fraction of sp³-hybridized carbons (Fsp3) is 0.444. The molecule has 2 rings (SSSR count). The number of nitrogens with zero attached hydrogens (tertiary/aromatic N) is 2. The van der Waals surface area contributed by atoms with Crippen molar-refractivity contribution in [1.29, 1.82) is 0 Å². The first-order chi connectivity index (χ1) is 11.4. The highest BCUT2D eigenvalue weighted by Gasteiger charge is 2.17. The highest BCUT2D eigenvalue weighted by atomic mass is 16.3. The summed E-state index contributed by atoms with van der Waals surface area (Å²) in [5.74, 6) is -0.111. The molecule has 0 fully saturated rings. The number of benzene rings is 1. The standard InChI is InChI=1S/C18H26N4O2/c1-5-22(10-16(23)15-8-6-12(2)7-9-15)11-17(24)19-18-13(3)20-21-14(18)4/h6-9,16,23H,5,10-11H2,1-4H3,(H,19,24)(H,20,21)/t16-/m1/s1. The number of hydrogen-bond acceptors (Lipinski definition) is 4. The van der Waals surface area contributed by atoms with Crippen LogP contribution in [0.15, 0.2) is 24.3 Å². The first kappa shape index (κ1) is 18.2. The van der Waals surface area contributed by atoms with Gasteiger partial charge in [0.15, 0.2) is 0 Å². The lowest BCUT2D eigenvalue weighted by Gasteiger charge is -2.23. The molecule has 0 saturated heterocycles. The van der Waals surface area contributed by atoms with Crippen molar-refractivity contribution in [2.24, 2.45) is 0 Å². The van der Waals surface area contributed by atoms with Gasteiger partial charge in [-0.1, -0.05) is 36.8 Å². The normalized spacial score (nSPS) is 12.4. The molecule has 6 nitrogen and oxygen atoms in total. The Bertz CT molecular complexity index is 659. The molecule has 0 radical (unpaired) electrons. The van der Waals surface area contributed by atoms with Crippen LogP contribution in [0.3, 0.4) is 0 Å². The number of rotatable bonds is 7. The Morgan fingerprint density at radius 2 is 1.96 bits per heavy atom. The second kappa shape index (κ2) is 8.08. The van der Waals surface area contributed by atoms with E-state index >= 15 is 0 Å². The third-order valence-electron chi connectivity index (χ3n) is 4.10. The van der Waals surface area contributed by atoms with Crippen molar-refractivity contribution in [2.45, 2.75) is 33.8 Å². The third kappa shape index (κ3) is 4.66. The van der Waals surface area contributed by atoms with Crippen LogP contribution in [0, 0.1) is 20.8 Å². The van der Waals surface area contributed by atoms with E-state index < -0.39 is 6.10 Å². The molecule has 1 heterocycles. The number of nitrogens with one attached hydrogen (secondary N) is 2. The zero-order valence-corrected chi connectivity index (χ0v) is 14.8. The molecule has 0 saturated carbocycles. The summed E-state index contributed by atoms with van der Waals surface area (Å²) < 4.78 is 0. The van der Waals surface area contributed by atoms with E-state index in [1.807, 2.05) is 56.9 Å². The Morgan fingerprint density at radius 3 is 2.50 bits per heavy atom. The maximum absolute atomic E-state index is 12.3. The summed E-state index contributed by atoms with van der Waals surface area (Å²) in [5, 5.41) is 20.2. The van der Waals surface area contributed by atoms with E-state index in [1.165, 1.54) is 0 Å². The predicted octanol–water partition coefficient (Wildman–Crippen LogP) is 2.33. The summed E-state index contributed by atoms with van der Waals surface area (Å²) >= 11 is 0. The lowest BCUT2D eigenvalue weighted by Crippen LogP contribution is -2.36. The third-order valence-corrected chi connectivity index (χ3v) is 4.10. The largest absolute Gasteiger partial charge is 0.387 e. The zero-order chi connectivity index (χ0) is 17.7. The lowest BCUT2D eigenvalue weighted by atomic mass is 10.1. The van der Waals surface area contributed by atoms with Crippen molar-refractivity contribution in [1.82, 2.24) is 15.1 Å².